The average Bonchev–Trinajstić information content (AvgIpc) is 2.25. The van der Waals surface area contributed by atoms with Gasteiger partial charge in [0.2, 0.25) is 0 Å². The van der Waals surface area contributed by atoms with Crippen molar-refractivity contribution in [3.63, 3.8) is 0 Å². The van der Waals surface area contributed by atoms with Gasteiger partial charge in [0.25, 0.3) is 0 Å². The minimum Gasteiger partial charge on any atom is -0.497 e. The number of nitrogens with two attached hydrogens (primary N) is 1. The largest absolute Gasteiger partial charge is 0.497 e. The van der Waals surface area contributed by atoms with E-state index in [1.807, 2.05) is 0 Å². The van der Waals surface area contributed by atoms with E-state index < -0.39 is 17.7 Å². The molecule has 4 heteroatoms. The minimum atomic E-state index is -0.673. The molecule has 2 N–H and O–H groups in total. The summed E-state index contributed by atoms with van der Waals surface area (Å²) in [5, 5.41) is 0. The van der Waals surface area contributed by atoms with Crippen molar-refractivity contribution >= 4 is 0 Å². The molecule has 16 heavy (non-hydrogen) atoms. The predicted octanol–water partition coefficient (Wildman–Crippen LogP) is 2.94. The third kappa shape index (κ3) is 2.79. The lowest BCUT2D eigenvalue weighted by Gasteiger charge is -2.14. The first kappa shape index (κ1) is 12.6. The van der Waals surface area contributed by atoms with Gasteiger partial charge in [-0.3, -0.25) is 0 Å². The van der Waals surface area contributed by atoms with Crippen LogP contribution in [0.25, 0.3) is 0 Å². The number of hydrogen-bond acceptors (Lipinski definition) is 2. The molecule has 0 heterocycles. The van der Waals surface area contributed by atoms with Crippen LogP contribution in [0.2, 0.25) is 0 Å². The normalized spacial score (nSPS) is 12.2. The molecule has 0 aliphatic carbocycles. The molecule has 0 fully saturated rings. The molecule has 0 amide bonds. The number of benzene rings is 1. The Hall–Kier alpha value is -1.42. The first-order valence-corrected chi connectivity index (χ1v) is 4.99. The summed E-state index contributed by atoms with van der Waals surface area (Å²) in [6.07, 6.45) is 2.74. The van der Waals surface area contributed by atoms with Gasteiger partial charge in [-0.2, -0.15) is 0 Å². The van der Waals surface area contributed by atoms with Gasteiger partial charge in [-0.05, 0) is 12.8 Å². The molecular weight excluding hydrogens is 212 g/mol. The van der Waals surface area contributed by atoms with Gasteiger partial charge in [0.15, 0.2) is 0 Å². The van der Waals surface area contributed by atoms with Crippen LogP contribution in [0.15, 0.2) is 24.8 Å². The smallest absolute Gasteiger partial charge is 0.134 e. The standard InChI is InChI=1S/C12H15F2NO/c1-3-4-5-11(15)12-9(13)6-8(16-2)7-10(12)14/h3,6-7,11H,1,4-5,15H2,2H3/t11-/m1/s1. The van der Waals surface area contributed by atoms with Gasteiger partial charge in [0, 0.05) is 23.7 Å². The van der Waals surface area contributed by atoms with E-state index in [1.54, 1.807) is 6.08 Å². The van der Waals surface area contributed by atoms with Crippen molar-refractivity contribution < 1.29 is 13.5 Å². The van der Waals surface area contributed by atoms with Crippen LogP contribution in [0, 0.1) is 11.6 Å². The fourth-order valence-corrected chi connectivity index (χ4v) is 1.47. The fourth-order valence-electron chi connectivity index (χ4n) is 1.47. The summed E-state index contributed by atoms with van der Waals surface area (Å²) in [5.74, 6) is -1.20. The van der Waals surface area contributed by atoms with Crippen molar-refractivity contribution in [2.24, 2.45) is 5.73 Å². The first-order chi connectivity index (χ1) is 7.60. The Labute approximate surface area is 93.7 Å². The number of ether oxygens (including phenoxy) is 1. The summed E-state index contributed by atoms with van der Waals surface area (Å²) in [5.41, 5.74) is 5.61. The van der Waals surface area contributed by atoms with Crippen LogP contribution in [0.3, 0.4) is 0 Å². The number of hydrogen-bond donors (Lipinski definition) is 1. The Morgan fingerprint density at radius 2 is 2.00 bits per heavy atom. The summed E-state index contributed by atoms with van der Waals surface area (Å²) in [7, 11) is 1.35. The number of methoxy groups -OCH3 is 1. The van der Waals surface area contributed by atoms with Crippen molar-refractivity contribution in [2.75, 3.05) is 7.11 Å². The molecule has 0 saturated carbocycles. The maximum atomic E-state index is 13.5. The van der Waals surface area contributed by atoms with Gasteiger partial charge >= 0.3 is 0 Å². The molecule has 1 aromatic carbocycles. The van der Waals surface area contributed by atoms with Gasteiger partial charge in [-0.1, -0.05) is 6.08 Å². The lowest BCUT2D eigenvalue weighted by molar-refractivity contribution is 0.403. The summed E-state index contributed by atoms with van der Waals surface area (Å²) in [6, 6.07) is 1.60. The minimum absolute atomic E-state index is 0.0948. The Bertz CT molecular complexity index is 356. The SMILES string of the molecule is C=CCC[C@@H](N)c1c(F)cc(OC)cc1F. The highest BCUT2D eigenvalue weighted by Crippen LogP contribution is 2.26. The molecule has 0 unspecified atom stereocenters. The highest BCUT2D eigenvalue weighted by atomic mass is 19.1. The van der Waals surface area contributed by atoms with Crippen LogP contribution in [-0.2, 0) is 0 Å². The van der Waals surface area contributed by atoms with Gasteiger partial charge in [-0.15, -0.1) is 6.58 Å². The lowest BCUT2D eigenvalue weighted by Crippen LogP contribution is -2.14. The maximum Gasteiger partial charge on any atom is 0.134 e. The lowest BCUT2D eigenvalue weighted by atomic mass is 10.0. The number of halogens is 2. The van der Waals surface area contributed by atoms with E-state index in [1.165, 1.54) is 7.11 Å². The quantitative estimate of drug-likeness (QED) is 0.785. The first-order valence-electron chi connectivity index (χ1n) is 4.99. The molecular formula is C12H15F2NO. The van der Waals surface area contributed by atoms with E-state index in [2.05, 4.69) is 6.58 Å². The molecule has 0 radical (unpaired) electrons. The second kappa shape index (κ2) is 5.61. The number of rotatable bonds is 5. The summed E-state index contributed by atoms with van der Waals surface area (Å²) in [6.45, 7) is 3.54. The Morgan fingerprint density at radius 3 is 2.44 bits per heavy atom. The summed E-state index contributed by atoms with van der Waals surface area (Å²) in [4.78, 5) is 0. The second-order valence-electron chi connectivity index (χ2n) is 3.48. The van der Waals surface area contributed by atoms with Crippen LogP contribution in [-0.4, -0.2) is 7.11 Å². The molecule has 0 bridgehead atoms. The second-order valence-corrected chi connectivity index (χ2v) is 3.48. The third-order valence-corrected chi connectivity index (χ3v) is 2.34. The third-order valence-electron chi connectivity index (χ3n) is 2.34. The molecule has 1 rings (SSSR count). The molecule has 0 aliphatic heterocycles. The van der Waals surface area contributed by atoms with E-state index in [0.717, 1.165) is 12.1 Å². The Morgan fingerprint density at radius 1 is 1.44 bits per heavy atom. The maximum absolute atomic E-state index is 13.5. The zero-order chi connectivity index (χ0) is 12.1. The van der Waals surface area contributed by atoms with Crippen LogP contribution < -0.4 is 10.5 Å². The molecule has 0 aliphatic rings. The van der Waals surface area contributed by atoms with E-state index >= 15 is 0 Å². The average molecular weight is 227 g/mol. The molecule has 0 spiro atoms. The predicted molar refractivity (Wildman–Crippen MR) is 59.3 cm³/mol. The summed E-state index contributed by atoms with van der Waals surface area (Å²) >= 11 is 0. The van der Waals surface area contributed by atoms with Crippen LogP contribution in [0.4, 0.5) is 8.78 Å². The van der Waals surface area contributed by atoms with Crippen molar-refractivity contribution in [1.29, 1.82) is 0 Å². The fraction of sp³-hybridized carbons (Fsp3) is 0.333. The molecule has 0 saturated heterocycles. The molecule has 1 atom stereocenters. The van der Waals surface area contributed by atoms with Crippen LogP contribution >= 0.6 is 0 Å². The highest BCUT2D eigenvalue weighted by Gasteiger charge is 2.17. The molecule has 1 aromatic rings. The zero-order valence-corrected chi connectivity index (χ0v) is 9.17. The van der Waals surface area contributed by atoms with Crippen LogP contribution in [0.5, 0.6) is 5.75 Å². The van der Waals surface area contributed by atoms with Gasteiger partial charge in [0.05, 0.1) is 7.11 Å². The molecule has 0 aromatic heterocycles. The molecule has 2 nitrogen and oxygen atoms in total. The summed E-state index contributed by atoms with van der Waals surface area (Å²) < 4.78 is 31.9. The van der Waals surface area contributed by atoms with Crippen molar-refractivity contribution in [3.8, 4) is 5.75 Å². The van der Waals surface area contributed by atoms with E-state index in [0.29, 0.717) is 12.8 Å². The molecule has 88 valence electrons. The van der Waals surface area contributed by atoms with Gasteiger partial charge < -0.3 is 10.5 Å². The van der Waals surface area contributed by atoms with E-state index in [-0.39, 0.29) is 11.3 Å². The zero-order valence-electron chi connectivity index (χ0n) is 9.17. The van der Waals surface area contributed by atoms with Crippen LogP contribution in [0.1, 0.15) is 24.4 Å². The Balaban J connectivity index is 2.99. The van der Waals surface area contributed by atoms with Crippen molar-refractivity contribution in [1.82, 2.24) is 0 Å². The van der Waals surface area contributed by atoms with Gasteiger partial charge in [-0.25, -0.2) is 8.78 Å². The highest BCUT2D eigenvalue weighted by molar-refractivity contribution is 5.32. The van der Waals surface area contributed by atoms with Gasteiger partial charge in [0.1, 0.15) is 17.4 Å². The number of allylic oxidation sites excluding steroid dienone is 1. The van der Waals surface area contributed by atoms with Crippen molar-refractivity contribution in [3.05, 3.63) is 42.0 Å². The topological polar surface area (TPSA) is 35.2 Å². The van der Waals surface area contributed by atoms with E-state index in [9.17, 15) is 8.78 Å². The Kier molecular flexibility index (Phi) is 4.43. The monoisotopic (exact) mass is 227 g/mol. The van der Waals surface area contributed by atoms with Crippen molar-refractivity contribution in [2.45, 2.75) is 18.9 Å². The van der Waals surface area contributed by atoms with E-state index in [4.69, 9.17) is 10.5 Å².